The number of aromatic nitrogens is 2. The van der Waals surface area contributed by atoms with Crippen LogP contribution in [0.25, 0.3) is 0 Å². The first-order chi connectivity index (χ1) is 13.1. The minimum absolute atomic E-state index is 0.233. The molecule has 8 heteroatoms. The van der Waals surface area contributed by atoms with E-state index in [4.69, 9.17) is 20.1 Å². The maximum atomic E-state index is 11.6. The first kappa shape index (κ1) is 17.8. The summed E-state index contributed by atoms with van der Waals surface area (Å²) in [5.41, 5.74) is 7.02. The van der Waals surface area contributed by atoms with Gasteiger partial charge in [-0.05, 0) is 37.8 Å². The Morgan fingerprint density at radius 3 is 2.78 bits per heavy atom. The number of hydrogen-bond acceptors (Lipinski definition) is 7. The van der Waals surface area contributed by atoms with Gasteiger partial charge in [-0.3, -0.25) is 4.79 Å². The quantitative estimate of drug-likeness (QED) is 0.712. The van der Waals surface area contributed by atoms with Crippen LogP contribution in [-0.2, 0) is 6.54 Å². The summed E-state index contributed by atoms with van der Waals surface area (Å²) < 4.78 is 5.57. The summed E-state index contributed by atoms with van der Waals surface area (Å²) in [5.74, 6) is 2.73. The Labute approximate surface area is 158 Å². The van der Waals surface area contributed by atoms with Crippen LogP contribution in [0.3, 0.4) is 0 Å². The minimum atomic E-state index is -0.233. The number of anilines is 2. The van der Waals surface area contributed by atoms with Crippen molar-refractivity contribution in [1.29, 1.82) is 0 Å². The molecule has 0 aromatic carbocycles. The largest absolute Gasteiger partial charge is 0.454 e. The molecule has 1 aliphatic heterocycles. The van der Waals surface area contributed by atoms with E-state index in [1.165, 1.54) is 12.8 Å². The van der Waals surface area contributed by atoms with Crippen LogP contribution in [0.15, 0.2) is 22.6 Å². The van der Waals surface area contributed by atoms with Crippen LogP contribution >= 0.6 is 0 Å². The van der Waals surface area contributed by atoms with E-state index in [0.29, 0.717) is 24.0 Å². The van der Waals surface area contributed by atoms with Crippen molar-refractivity contribution >= 4 is 17.7 Å². The SMILES string of the molecule is CNC(=O)c1ccc(CNc2cc(C3CC(N)C3)nc(N3CCCC3)n2)o1. The molecule has 2 fully saturated rings. The zero-order chi connectivity index (χ0) is 18.8. The summed E-state index contributed by atoms with van der Waals surface area (Å²) >= 11 is 0. The third-order valence-corrected chi connectivity index (χ3v) is 5.27. The predicted molar refractivity (Wildman–Crippen MR) is 103 cm³/mol. The maximum absolute atomic E-state index is 11.6. The van der Waals surface area contributed by atoms with Crippen molar-refractivity contribution in [3.63, 3.8) is 0 Å². The number of nitrogens with two attached hydrogens (primary N) is 1. The van der Waals surface area contributed by atoms with Gasteiger partial charge < -0.3 is 25.7 Å². The van der Waals surface area contributed by atoms with Crippen LogP contribution in [-0.4, -0.2) is 42.1 Å². The Morgan fingerprint density at radius 1 is 1.30 bits per heavy atom. The van der Waals surface area contributed by atoms with E-state index in [-0.39, 0.29) is 11.9 Å². The first-order valence-corrected chi connectivity index (χ1v) is 9.56. The fourth-order valence-electron chi connectivity index (χ4n) is 3.61. The van der Waals surface area contributed by atoms with Gasteiger partial charge >= 0.3 is 0 Å². The molecule has 0 atom stereocenters. The van der Waals surface area contributed by atoms with Crippen molar-refractivity contribution in [3.8, 4) is 0 Å². The van der Waals surface area contributed by atoms with Crippen molar-refractivity contribution in [1.82, 2.24) is 15.3 Å². The molecule has 27 heavy (non-hydrogen) atoms. The highest BCUT2D eigenvalue weighted by Gasteiger charge is 2.30. The van der Waals surface area contributed by atoms with Gasteiger partial charge in [-0.15, -0.1) is 0 Å². The molecule has 144 valence electrons. The number of carbonyl (C=O) groups excluding carboxylic acids is 1. The zero-order valence-corrected chi connectivity index (χ0v) is 15.6. The zero-order valence-electron chi connectivity index (χ0n) is 15.6. The van der Waals surface area contributed by atoms with E-state index in [9.17, 15) is 4.79 Å². The van der Waals surface area contributed by atoms with Gasteiger partial charge in [0.05, 0.1) is 12.2 Å². The van der Waals surface area contributed by atoms with Crippen LogP contribution in [0, 0.1) is 0 Å². The Hall–Kier alpha value is -2.61. The van der Waals surface area contributed by atoms with Gasteiger partial charge in [-0.2, -0.15) is 4.98 Å². The molecule has 2 aliphatic rings. The van der Waals surface area contributed by atoms with E-state index >= 15 is 0 Å². The molecule has 2 aromatic heterocycles. The highest BCUT2D eigenvalue weighted by atomic mass is 16.4. The molecule has 2 aromatic rings. The lowest BCUT2D eigenvalue weighted by atomic mass is 9.78. The topological polar surface area (TPSA) is 109 Å². The third-order valence-electron chi connectivity index (χ3n) is 5.27. The van der Waals surface area contributed by atoms with Gasteiger partial charge in [0.2, 0.25) is 5.95 Å². The number of carbonyl (C=O) groups is 1. The molecule has 8 nitrogen and oxygen atoms in total. The predicted octanol–water partition coefficient (Wildman–Crippen LogP) is 1.85. The fourth-order valence-corrected chi connectivity index (χ4v) is 3.61. The van der Waals surface area contributed by atoms with Gasteiger partial charge in [-0.1, -0.05) is 0 Å². The number of rotatable bonds is 6. The van der Waals surface area contributed by atoms with Crippen molar-refractivity contribution in [2.75, 3.05) is 30.4 Å². The lowest BCUT2D eigenvalue weighted by molar-refractivity contribution is 0.0934. The van der Waals surface area contributed by atoms with Crippen molar-refractivity contribution in [3.05, 3.63) is 35.4 Å². The normalized spacial score (nSPS) is 21.8. The van der Waals surface area contributed by atoms with E-state index in [0.717, 1.165) is 43.4 Å². The number of furan rings is 1. The molecule has 0 bridgehead atoms. The van der Waals surface area contributed by atoms with Crippen molar-refractivity contribution in [2.24, 2.45) is 5.73 Å². The molecule has 1 aliphatic carbocycles. The molecule has 0 radical (unpaired) electrons. The standard InChI is InChI=1S/C19H26N6O2/c1-21-18(26)16-5-4-14(27-16)11-22-17-10-15(12-8-13(20)9-12)23-19(24-17)25-6-2-3-7-25/h4-5,10,12-13H,2-3,6-9,11,20H2,1H3,(H,21,26)(H,22,23,24). The summed E-state index contributed by atoms with van der Waals surface area (Å²) in [6, 6.07) is 5.76. The van der Waals surface area contributed by atoms with Crippen LogP contribution in [0.4, 0.5) is 11.8 Å². The average Bonchev–Trinajstić information content (AvgIpc) is 3.34. The van der Waals surface area contributed by atoms with Crippen LogP contribution in [0.5, 0.6) is 0 Å². The summed E-state index contributed by atoms with van der Waals surface area (Å²) in [5, 5.41) is 5.87. The Bertz CT molecular complexity index is 808. The molecule has 0 spiro atoms. The summed E-state index contributed by atoms with van der Waals surface area (Å²) in [6.07, 6.45) is 4.31. The lowest BCUT2D eigenvalue weighted by Crippen LogP contribution is -2.35. The van der Waals surface area contributed by atoms with E-state index < -0.39 is 0 Å². The lowest BCUT2D eigenvalue weighted by Gasteiger charge is -2.32. The Balaban J connectivity index is 1.50. The van der Waals surface area contributed by atoms with Crippen LogP contribution in [0.2, 0.25) is 0 Å². The maximum Gasteiger partial charge on any atom is 0.286 e. The molecule has 3 heterocycles. The van der Waals surface area contributed by atoms with Gasteiger partial charge in [0, 0.05) is 38.2 Å². The molecule has 4 N–H and O–H groups in total. The van der Waals surface area contributed by atoms with Gasteiger partial charge in [0.1, 0.15) is 11.6 Å². The second-order valence-electron chi connectivity index (χ2n) is 7.30. The first-order valence-electron chi connectivity index (χ1n) is 9.56. The van der Waals surface area contributed by atoms with E-state index in [1.54, 1.807) is 19.2 Å². The summed E-state index contributed by atoms with van der Waals surface area (Å²) in [6.45, 7) is 2.46. The molecule has 1 saturated carbocycles. The van der Waals surface area contributed by atoms with E-state index in [2.05, 4.69) is 15.5 Å². The highest BCUT2D eigenvalue weighted by molar-refractivity contribution is 5.91. The summed E-state index contributed by atoms with van der Waals surface area (Å²) in [4.78, 5) is 23.4. The molecular formula is C19H26N6O2. The number of hydrogen-bond donors (Lipinski definition) is 3. The monoisotopic (exact) mass is 370 g/mol. The van der Waals surface area contributed by atoms with Gasteiger partial charge in [0.15, 0.2) is 5.76 Å². The smallest absolute Gasteiger partial charge is 0.286 e. The Kier molecular flexibility index (Phi) is 4.98. The molecule has 1 saturated heterocycles. The fraction of sp³-hybridized carbons (Fsp3) is 0.526. The van der Waals surface area contributed by atoms with Gasteiger partial charge in [0.25, 0.3) is 5.91 Å². The van der Waals surface area contributed by atoms with Crippen molar-refractivity contribution < 1.29 is 9.21 Å². The van der Waals surface area contributed by atoms with Crippen LogP contribution < -0.4 is 21.3 Å². The number of amides is 1. The summed E-state index contributed by atoms with van der Waals surface area (Å²) in [7, 11) is 1.58. The second kappa shape index (κ2) is 7.56. The molecule has 4 rings (SSSR count). The second-order valence-corrected chi connectivity index (χ2v) is 7.30. The average molecular weight is 370 g/mol. The molecular weight excluding hydrogens is 344 g/mol. The Morgan fingerprint density at radius 2 is 2.07 bits per heavy atom. The molecule has 0 unspecified atom stereocenters. The van der Waals surface area contributed by atoms with Crippen molar-refractivity contribution in [2.45, 2.75) is 44.2 Å². The van der Waals surface area contributed by atoms with Crippen LogP contribution in [0.1, 0.15) is 53.6 Å². The highest BCUT2D eigenvalue weighted by Crippen LogP contribution is 2.36. The minimum Gasteiger partial charge on any atom is -0.454 e. The molecule has 1 amide bonds. The number of nitrogens with zero attached hydrogens (tertiary/aromatic N) is 3. The third kappa shape index (κ3) is 3.90. The number of nitrogens with one attached hydrogen (secondary N) is 2. The van der Waals surface area contributed by atoms with Gasteiger partial charge in [-0.25, -0.2) is 4.98 Å². The van der Waals surface area contributed by atoms with E-state index in [1.807, 2.05) is 6.07 Å².